The van der Waals surface area contributed by atoms with Crippen LogP contribution in [-0.4, -0.2) is 31.1 Å². The molecule has 0 aliphatic carbocycles. The molecule has 0 aliphatic rings. The number of unbranched alkanes of at least 4 members (excludes halogenated alkanes) is 6. The highest BCUT2D eigenvalue weighted by atomic mass is 32.1. The monoisotopic (exact) mass is 452 g/mol. The fourth-order valence-electron chi connectivity index (χ4n) is 4.39. The van der Waals surface area contributed by atoms with E-state index >= 15 is 0 Å². The zero-order chi connectivity index (χ0) is 22.8. The van der Waals surface area contributed by atoms with Crippen molar-refractivity contribution in [2.45, 2.75) is 72.1 Å². The molecule has 2 aromatic carbocycles. The maximum atomic E-state index is 13.3. The molecule has 0 saturated carbocycles. The summed E-state index contributed by atoms with van der Waals surface area (Å²) in [4.78, 5) is 15.9. The highest BCUT2D eigenvalue weighted by Gasteiger charge is 2.12. The maximum Gasteiger partial charge on any atom is 0.197 e. The van der Waals surface area contributed by atoms with Crippen LogP contribution in [0.5, 0.6) is 0 Å². The molecule has 32 heavy (non-hydrogen) atoms. The first-order chi connectivity index (χ1) is 15.7. The average molecular weight is 453 g/mol. The molecule has 3 rings (SSSR count). The summed E-state index contributed by atoms with van der Waals surface area (Å²) < 4.78 is 2.17. The third kappa shape index (κ3) is 6.55. The van der Waals surface area contributed by atoms with Crippen LogP contribution in [0.25, 0.3) is 20.2 Å². The normalized spacial score (nSPS) is 11.6. The van der Waals surface area contributed by atoms with E-state index in [4.69, 9.17) is 0 Å². The topological polar surface area (TPSA) is 32.3 Å². The van der Waals surface area contributed by atoms with Crippen LogP contribution < -0.4 is 10.7 Å². The van der Waals surface area contributed by atoms with E-state index in [1.807, 2.05) is 18.2 Å². The van der Waals surface area contributed by atoms with Gasteiger partial charge in [-0.2, -0.15) is 0 Å². The minimum atomic E-state index is 0.150. The average Bonchev–Trinajstić information content (AvgIpc) is 2.81. The SMILES string of the molecule is CCCCCCN(CCCCCC)CCNc1ccc(C)c2sc3ccccc3c(=O)c12. The van der Waals surface area contributed by atoms with E-state index in [1.165, 1.54) is 70.0 Å². The molecule has 3 aromatic rings. The summed E-state index contributed by atoms with van der Waals surface area (Å²) in [7, 11) is 0. The third-order valence-corrected chi connectivity index (χ3v) is 7.63. The first kappa shape index (κ1) is 24.7. The molecule has 0 amide bonds. The summed E-state index contributed by atoms with van der Waals surface area (Å²) in [6, 6.07) is 12.2. The van der Waals surface area contributed by atoms with Crippen LogP contribution in [0.15, 0.2) is 41.2 Å². The van der Waals surface area contributed by atoms with Crippen molar-refractivity contribution >= 4 is 37.2 Å². The summed E-state index contributed by atoms with van der Waals surface area (Å²) in [5, 5.41) is 5.30. The first-order valence-electron chi connectivity index (χ1n) is 12.6. The van der Waals surface area contributed by atoms with Crippen LogP contribution in [0.1, 0.15) is 70.8 Å². The predicted octanol–water partition coefficient (Wildman–Crippen LogP) is 7.60. The molecule has 1 N–H and O–H groups in total. The quantitative estimate of drug-likeness (QED) is 0.202. The highest BCUT2D eigenvalue weighted by molar-refractivity contribution is 7.24. The lowest BCUT2D eigenvalue weighted by molar-refractivity contribution is 0.270. The summed E-state index contributed by atoms with van der Waals surface area (Å²) in [6.07, 6.45) is 10.5. The second-order valence-corrected chi connectivity index (χ2v) is 10.0. The van der Waals surface area contributed by atoms with Gasteiger partial charge in [-0.3, -0.25) is 4.79 Å². The molecule has 0 aliphatic heterocycles. The van der Waals surface area contributed by atoms with Crippen LogP contribution in [0.3, 0.4) is 0 Å². The molecule has 174 valence electrons. The van der Waals surface area contributed by atoms with E-state index in [9.17, 15) is 4.79 Å². The number of nitrogens with one attached hydrogen (secondary N) is 1. The fourth-order valence-corrected chi connectivity index (χ4v) is 5.56. The Morgan fingerprint density at radius 3 is 2.22 bits per heavy atom. The van der Waals surface area contributed by atoms with Crippen molar-refractivity contribution in [3.05, 3.63) is 52.2 Å². The largest absolute Gasteiger partial charge is 0.383 e. The second-order valence-electron chi connectivity index (χ2n) is 8.95. The molecule has 3 nitrogen and oxygen atoms in total. The number of anilines is 1. The molecular weight excluding hydrogens is 412 g/mol. The van der Waals surface area contributed by atoms with Crippen LogP contribution in [0, 0.1) is 6.92 Å². The molecule has 0 atom stereocenters. The zero-order valence-electron chi connectivity index (χ0n) is 20.2. The van der Waals surface area contributed by atoms with Gasteiger partial charge >= 0.3 is 0 Å². The maximum absolute atomic E-state index is 13.3. The van der Waals surface area contributed by atoms with Gasteiger partial charge in [0.1, 0.15) is 0 Å². The first-order valence-corrected chi connectivity index (χ1v) is 13.4. The van der Waals surface area contributed by atoms with Crippen LogP contribution in [0.4, 0.5) is 5.69 Å². The summed E-state index contributed by atoms with van der Waals surface area (Å²) in [6.45, 7) is 10.9. The lowest BCUT2D eigenvalue weighted by Gasteiger charge is -2.23. The van der Waals surface area contributed by atoms with Crippen molar-refractivity contribution in [2.24, 2.45) is 0 Å². The molecule has 4 heteroatoms. The van der Waals surface area contributed by atoms with Crippen LogP contribution in [0.2, 0.25) is 0 Å². The Kier molecular flexibility index (Phi) is 10.0. The molecular formula is C28H40N2OS. The van der Waals surface area contributed by atoms with E-state index in [1.54, 1.807) is 11.3 Å². The van der Waals surface area contributed by atoms with Gasteiger partial charge in [0.2, 0.25) is 0 Å². The molecule has 0 unspecified atom stereocenters. The minimum absolute atomic E-state index is 0.150. The van der Waals surface area contributed by atoms with E-state index in [0.717, 1.165) is 38.9 Å². The Morgan fingerprint density at radius 2 is 1.53 bits per heavy atom. The molecule has 0 radical (unpaired) electrons. The van der Waals surface area contributed by atoms with Crippen LogP contribution >= 0.6 is 11.3 Å². The number of nitrogens with zero attached hydrogens (tertiary/aromatic N) is 1. The second kappa shape index (κ2) is 13.0. The van der Waals surface area contributed by atoms with Crippen molar-refractivity contribution in [1.82, 2.24) is 4.90 Å². The Morgan fingerprint density at radius 1 is 0.844 bits per heavy atom. The Bertz CT molecular complexity index is 1030. The van der Waals surface area contributed by atoms with E-state index in [2.05, 4.69) is 49.2 Å². The van der Waals surface area contributed by atoms with Crippen molar-refractivity contribution in [1.29, 1.82) is 0 Å². The van der Waals surface area contributed by atoms with Gasteiger partial charge in [0.15, 0.2) is 5.43 Å². The Hall–Kier alpha value is -1.91. The highest BCUT2D eigenvalue weighted by Crippen LogP contribution is 2.31. The molecule has 1 heterocycles. The summed E-state index contributed by atoms with van der Waals surface area (Å²) in [5.74, 6) is 0. The molecule has 0 fully saturated rings. The molecule has 0 bridgehead atoms. The number of fused-ring (bicyclic) bond motifs is 2. The lowest BCUT2D eigenvalue weighted by atomic mass is 10.1. The van der Waals surface area contributed by atoms with Gasteiger partial charge in [-0.05, 0) is 56.6 Å². The third-order valence-electron chi connectivity index (χ3n) is 6.32. The number of rotatable bonds is 14. The van der Waals surface area contributed by atoms with Crippen molar-refractivity contribution < 1.29 is 0 Å². The minimum Gasteiger partial charge on any atom is -0.383 e. The molecule has 0 spiro atoms. The number of hydrogen-bond acceptors (Lipinski definition) is 4. The lowest BCUT2D eigenvalue weighted by Crippen LogP contribution is -2.31. The summed E-state index contributed by atoms with van der Waals surface area (Å²) in [5.41, 5.74) is 2.30. The van der Waals surface area contributed by atoms with Gasteiger partial charge < -0.3 is 10.2 Å². The van der Waals surface area contributed by atoms with E-state index in [-0.39, 0.29) is 5.43 Å². The fraction of sp³-hybridized carbons (Fsp3) is 0.536. The van der Waals surface area contributed by atoms with E-state index < -0.39 is 0 Å². The van der Waals surface area contributed by atoms with Gasteiger partial charge in [-0.1, -0.05) is 70.6 Å². The smallest absolute Gasteiger partial charge is 0.197 e. The van der Waals surface area contributed by atoms with Crippen LogP contribution in [-0.2, 0) is 0 Å². The standard InChI is InChI=1S/C28H40N2OS/c1-4-6-8-12-19-30(20-13-9-7-5-2)21-18-29-24-17-16-22(3)28-26(24)27(31)23-14-10-11-15-25(23)32-28/h10-11,14-17,29H,4-9,12-13,18-21H2,1-3H3. The molecule has 0 saturated heterocycles. The van der Waals surface area contributed by atoms with Gasteiger partial charge in [0.05, 0.1) is 5.39 Å². The number of hydrogen-bond donors (Lipinski definition) is 1. The van der Waals surface area contributed by atoms with Crippen molar-refractivity contribution in [2.75, 3.05) is 31.5 Å². The Balaban J connectivity index is 1.71. The zero-order valence-corrected chi connectivity index (χ0v) is 21.0. The predicted molar refractivity (Wildman–Crippen MR) is 144 cm³/mol. The van der Waals surface area contributed by atoms with Gasteiger partial charge in [-0.25, -0.2) is 0 Å². The number of benzene rings is 2. The molecule has 1 aromatic heterocycles. The Labute approximate surface area is 197 Å². The van der Waals surface area contributed by atoms with Gasteiger partial charge in [0, 0.05) is 33.6 Å². The van der Waals surface area contributed by atoms with Crippen molar-refractivity contribution in [3.63, 3.8) is 0 Å². The van der Waals surface area contributed by atoms with E-state index in [0.29, 0.717) is 0 Å². The van der Waals surface area contributed by atoms with Gasteiger partial charge in [0.25, 0.3) is 0 Å². The number of aryl methyl sites for hydroxylation is 1. The summed E-state index contributed by atoms with van der Waals surface area (Å²) >= 11 is 1.73. The van der Waals surface area contributed by atoms with Gasteiger partial charge in [-0.15, -0.1) is 11.3 Å². The van der Waals surface area contributed by atoms with Crippen molar-refractivity contribution in [3.8, 4) is 0 Å².